The Hall–Kier alpha value is -2.05. The summed E-state index contributed by atoms with van der Waals surface area (Å²) >= 11 is 0. The van der Waals surface area contributed by atoms with E-state index in [2.05, 4.69) is 10.5 Å². The van der Waals surface area contributed by atoms with Crippen molar-refractivity contribution in [3.63, 3.8) is 0 Å². The average Bonchev–Trinajstić information content (AvgIpc) is 2.71. The van der Waals surface area contributed by atoms with Crippen molar-refractivity contribution in [3.05, 3.63) is 17.5 Å². The quantitative estimate of drug-likeness (QED) is 0.881. The molecule has 0 aliphatic heterocycles. The number of amides is 1. The highest BCUT2D eigenvalue weighted by Crippen LogP contribution is 2.25. The first-order valence-electron chi connectivity index (χ1n) is 6.29. The lowest BCUT2D eigenvalue weighted by atomic mass is 9.99. The highest BCUT2D eigenvalue weighted by molar-refractivity contribution is 5.88. The van der Waals surface area contributed by atoms with Gasteiger partial charge in [0.2, 0.25) is 0 Å². The third kappa shape index (κ3) is 4.25. The van der Waals surface area contributed by atoms with Crippen molar-refractivity contribution < 1.29 is 24.0 Å². The molecule has 0 aromatic carbocycles. The van der Waals surface area contributed by atoms with Gasteiger partial charge in [-0.1, -0.05) is 19.0 Å². The monoisotopic (exact) mass is 284 g/mol. The number of carboxylic acids is 1. The van der Waals surface area contributed by atoms with E-state index < -0.39 is 23.7 Å². The van der Waals surface area contributed by atoms with E-state index in [1.165, 1.54) is 0 Å². The lowest BCUT2D eigenvalue weighted by Crippen LogP contribution is -2.37. The molecule has 1 aromatic rings. The summed E-state index contributed by atoms with van der Waals surface area (Å²) in [5.41, 5.74) is -0.706. The van der Waals surface area contributed by atoms with E-state index in [-0.39, 0.29) is 17.2 Å². The van der Waals surface area contributed by atoms with Crippen molar-refractivity contribution >= 4 is 12.1 Å². The molecule has 0 fully saturated rings. The molecule has 1 amide bonds. The van der Waals surface area contributed by atoms with Crippen molar-refractivity contribution in [2.75, 3.05) is 0 Å². The molecular weight excluding hydrogens is 264 g/mol. The summed E-state index contributed by atoms with van der Waals surface area (Å²) in [6, 6.07) is -0.626. The van der Waals surface area contributed by atoms with E-state index in [9.17, 15) is 9.59 Å². The van der Waals surface area contributed by atoms with E-state index in [1.54, 1.807) is 20.8 Å². The van der Waals surface area contributed by atoms with Crippen LogP contribution in [0.5, 0.6) is 0 Å². The van der Waals surface area contributed by atoms with Gasteiger partial charge in [-0.3, -0.25) is 0 Å². The zero-order valence-corrected chi connectivity index (χ0v) is 12.3. The van der Waals surface area contributed by atoms with Crippen LogP contribution in [-0.2, 0) is 4.74 Å². The Balaban J connectivity index is 2.93. The van der Waals surface area contributed by atoms with Crippen molar-refractivity contribution in [2.45, 2.75) is 46.3 Å². The Morgan fingerprint density at radius 1 is 1.40 bits per heavy atom. The number of nitrogens with one attached hydrogen (secondary N) is 1. The van der Waals surface area contributed by atoms with Gasteiger partial charge in [-0.25, -0.2) is 9.59 Å². The normalized spacial score (nSPS) is 13.1. The number of hydrogen-bond acceptors (Lipinski definition) is 5. The third-order valence-electron chi connectivity index (χ3n) is 2.45. The molecular formula is C13H20N2O5. The van der Waals surface area contributed by atoms with Crippen LogP contribution in [0.25, 0.3) is 0 Å². The summed E-state index contributed by atoms with van der Waals surface area (Å²) in [6.07, 6.45) is 0.480. The van der Waals surface area contributed by atoms with Crippen LogP contribution in [0.15, 0.2) is 10.7 Å². The van der Waals surface area contributed by atoms with Crippen LogP contribution in [0.1, 0.15) is 56.8 Å². The largest absolute Gasteiger partial charge is 0.478 e. The van der Waals surface area contributed by atoms with Gasteiger partial charge in [0.05, 0.1) is 12.2 Å². The Labute approximate surface area is 117 Å². The van der Waals surface area contributed by atoms with E-state index in [1.807, 2.05) is 13.8 Å². The smallest absolute Gasteiger partial charge is 0.408 e. The lowest BCUT2D eigenvalue weighted by Gasteiger charge is -2.24. The molecule has 112 valence electrons. The van der Waals surface area contributed by atoms with E-state index in [0.29, 0.717) is 0 Å². The molecule has 1 rings (SSSR count). The lowest BCUT2D eigenvalue weighted by molar-refractivity contribution is 0.0474. The molecule has 7 heteroatoms. The fraction of sp³-hybridized carbons (Fsp3) is 0.615. The molecule has 0 spiro atoms. The predicted octanol–water partition coefficient (Wildman–Crippen LogP) is 2.59. The van der Waals surface area contributed by atoms with Crippen molar-refractivity contribution in [1.29, 1.82) is 0 Å². The maximum atomic E-state index is 11.8. The van der Waals surface area contributed by atoms with E-state index in [0.717, 1.165) is 6.20 Å². The van der Waals surface area contributed by atoms with Gasteiger partial charge in [0.15, 0.2) is 5.76 Å². The van der Waals surface area contributed by atoms with Gasteiger partial charge in [0.1, 0.15) is 11.2 Å². The molecule has 1 atom stereocenters. The second kappa shape index (κ2) is 5.94. The molecule has 0 bridgehead atoms. The number of rotatable bonds is 4. The standard InChI is InChI=1S/C13H20N2O5/c1-7(2)9(15-12(18)19-13(3,4)5)10-8(11(16)17)6-14-20-10/h6-7,9H,1-5H3,(H,15,18)(H,16,17). The summed E-state index contributed by atoms with van der Waals surface area (Å²) in [5, 5.41) is 15.2. The Bertz CT molecular complexity index is 487. The molecule has 1 unspecified atom stereocenters. The van der Waals surface area contributed by atoms with Gasteiger partial charge >= 0.3 is 12.1 Å². The number of aromatic nitrogens is 1. The molecule has 7 nitrogen and oxygen atoms in total. The molecule has 20 heavy (non-hydrogen) atoms. The van der Waals surface area contributed by atoms with Gasteiger partial charge in [-0.15, -0.1) is 0 Å². The minimum atomic E-state index is -1.15. The van der Waals surface area contributed by atoms with Crippen LogP contribution < -0.4 is 5.32 Å². The number of ether oxygens (including phenoxy) is 1. The Kier molecular flexibility index (Phi) is 4.75. The SMILES string of the molecule is CC(C)C(NC(=O)OC(C)(C)C)c1oncc1C(=O)O. The van der Waals surface area contributed by atoms with Gasteiger partial charge in [0, 0.05) is 0 Å². The third-order valence-corrected chi connectivity index (χ3v) is 2.45. The zero-order valence-electron chi connectivity index (χ0n) is 12.3. The minimum absolute atomic E-state index is 0.0697. The summed E-state index contributed by atoms with van der Waals surface area (Å²) in [5.74, 6) is -1.13. The number of alkyl carbamates (subject to hydrolysis) is 1. The Morgan fingerprint density at radius 3 is 2.45 bits per heavy atom. The maximum Gasteiger partial charge on any atom is 0.408 e. The van der Waals surface area contributed by atoms with Crippen LogP contribution in [0.4, 0.5) is 4.79 Å². The highest BCUT2D eigenvalue weighted by Gasteiger charge is 2.29. The van der Waals surface area contributed by atoms with Gasteiger partial charge < -0.3 is 19.7 Å². The second-order valence-electron chi connectivity index (χ2n) is 5.78. The van der Waals surface area contributed by atoms with E-state index in [4.69, 9.17) is 14.4 Å². The predicted molar refractivity (Wildman–Crippen MR) is 70.4 cm³/mol. The van der Waals surface area contributed by atoms with Crippen LogP contribution in [0.3, 0.4) is 0 Å². The fourth-order valence-electron chi connectivity index (χ4n) is 1.60. The fourth-order valence-corrected chi connectivity index (χ4v) is 1.60. The molecule has 0 aliphatic carbocycles. The zero-order chi connectivity index (χ0) is 15.5. The maximum absolute atomic E-state index is 11.8. The molecule has 2 N–H and O–H groups in total. The first-order chi connectivity index (χ1) is 9.11. The number of hydrogen-bond donors (Lipinski definition) is 2. The number of carbonyl (C=O) groups excluding carboxylic acids is 1. The first-order valence-corrected chi connectivity index (χ1v) is 6.29. The molecule has 1 heterocycles. The first kappa shape index (κ1) is 16.0. The van der Waals surface area contributed by atoms with Crippen molar-refractivity contribution in [3.8, 4) is 0 Å². The van der Waals surface area contributed by atoms with Crippen molar-refractivity contribution in [1.82, 2.24) is 10.5 Å². The average molecular weight is 284 g/mol. The van der Waals surface area contributed by atoms with Crippen LogP contribution in [0.2, 0.25) is 0 Å². The topological polar surface area (TPSA) is 102 Å². The molecule has 0 radical (unpaired) electrons. The van der Waals surface area contributed by atoms with Gasteiger partial charge in [-0.05, 0) is 26.7 Å². The van der Waals surface area contributed by atoms with Crippen LogP contribution >= 0.6 is 0 Å². The molecule has 0 aliphatic rings. The Morgan fingerprint density at radius 2 is 2.00 bits per heavy atom. The summed E-state index contributed by atoms with van der Waals surface area (Å²) < 4.78 is 10.1. The summed E-state index contributed by atoms with van der Waals surface area (Å²) in [7, 11) is 0. The number of nitrogens with zero attached hydrogens (tertiary/aromatic N) is 1. The summed E-state index contributed by atoms with van der Waals surface area (Å²) in [6.45, 7) is 8.89. The van der Waals surface area contributed by atoms with E-state index >= 15 is 0 Å². The molecule has 1 aromatic heterocycles. The molecule has 0 saturated heterocycles. The summed E-state index contributed by atoms with van der Waals surface area (Å²) in [4.78, 5) is 22.9. The van der Waals surface area contributed by atoms with Gasteiger partial charge in [-0.2, -0.15) is 0 Å². The number of carbonyl (C=O) groups is 2. The highest BCUT2D eigenvalue weighted by atomic mass is 16.6. The van der Waals surface area contributed by atoms with Crippen LogP contribution in [-0.4, -0.2) is 27.9 Å². The number of aromatic carboxylic acids is 1. The molecule has 0 saturated carbocycles. The van der Waals surface area contributed by atoms with Crippen LogP contribution in [0, 0.1) is 5.92 Å². The minimum Gasteiger partial charge on any atom is -0.478 e. The second-order valence-corrected chi connectivity index (χ2v) is 5.78. The number of carboxylic acid groups (broad SMARTS) is 1. The van der Waals surface area contributed by atoms with Gasteiger partial charge in [0.25, 0.3) is 0 Å². The van der Waals surface area contributed by atoms with Crippen molar-refractivity contribution in [2.24, 2.45) is 5.92 Å².